The van der Waals surface area contributed by atoms with E-state index in [0.717, 1.165) is 16.1 Å². The predicted molar refractivity (Wildman–Crippen MR) is 111 cm³/mol. The van der Waals surface area contributed by atoms with E-state index in [9.17, 15) is 9.59 Å². The van der Waals surface area contributed by atoms with Crippen LogP contribution in [-0.4, -0.2) is 17.6 Å². The van der Waals surface area contributed by atoms with Gasteiger partial charge in [0.15, 0.2) is 0 Å². The van der Waals surface area contributed by atoms with Crippen LogP contribution in [0.4, 0.5) is 11.4 Å². The van der Waals surface area contributed by atoms with Gasteiger partial charge in [0, 0.05) is 21.8 Å². The van der Waals surface area contributed by atoms with E-state index in [-0.39, 0.29) is 11.8 Å². The van der Waals surface area contributed by atoms with Crippen LogP contribution in [-0.2, 0) is 4.79 Å². The summed E-state index contributed by atoms with van der Waals surface area (Å²) in [4.78, 5) is 25.9. The Morgan fingerprint density at radius 1 is 0.815 bits per heavy atom. The van der Waals surface area contributed by atoms with E-state index in [1.165, 1.54) is 11.8 Å². The molecule has 0 bridgehead atoms. The van der Waals surface area contributed by atoms with E-state index in [1.54, 1.807) is 18.2 Å². The van der Waals surface area contributed by atoms with Gasteiger partial charge in [-0.3, -0.25) is 9.59 Å². The molecule has 3 rings (SSSR count). The first-order chi connectivity index (χ1) is 13.1. The zero-order valence-electron chi connectivity index (χ0n) is 14.9. The summed E-state index contributed by atoms with van der Waals surface area (Å²) in [5.41, 5.74) is 2.65. The van der Waals surface area contributed by atoms with Crippen molar-refractivity contribution < 1.29 is 9.59 Å². The maximum Gasteiger partial charge on any atom is 0.256 e. The average molecular weight is 376 g/mol. The fourth-order valence-corrected chi connectivity index (χ4v) is 3.31. The lowest BCUT2D eigenvalue weighted by Crippen LogP contribution is -2.18. The Hall–Kier alpha value is -3.05. The van der Waals surface area contributed by atoms with Crippen molar-refractivity contribution in [2.24, 2.45) is 0 Å². The molecule has 0 aliphatic rings. The Balaban J connectivity index is 1.65. The summed E-state index contributed by atoms with van der Waals surface area (Å²) in [5, 5.41) is 5.77. The van der Waals surface area contributed by atoms with E-state index in [0.29, 0.717) is 17.0 Å². The SMILES string of the molecule is Cc1c(NC(=O)CSc2ccccc2)cccc1C(=O)Nc1ccccc1. The Morgan fingerprint density at radius 2 is 1.48 bits per heavy atom. The molecule has 0 fully saturated rings. The van der Waals surface area contributed by atoms with Crippen molar-refractivity contribution in [1.29, 1.82) is 0 Å². The number of para-hydroxylation sites is 1. The third kappa shape index (κ3) is 5.21. The second kappa shape index (κ2) is 9.05. The van der Waals surface area contributed by atoms with Gasteiger partial charge in [0.2, 0.25) is 5.91 Å². The quantitative estimate of drug-likeness (QED) is 0.597. The molecule has 0 spiro atoms. The number of nitrogens with one attached hydrogen (secondary N) is 2. The molecule has 0 saturated carbocycles. The second-order valence-corrected chi connectivity index (χ2v) is 7.00. The Labute approximate surface area is 163 Å². The van der Waals surface area contributed by atoms with Crippen LogP contribution in [0.2, 0.25) is 0 Å². The van der Waals surface area contributed by atoms with E-state index in [2.05, 4.69) is 10.6 Å². The molecule has 0 unspecified atom stereocenters. The lowest BCUT2D eigenvalue weighted by atomic mass is 10.1. The van der Waals surface area contributed by atoms with Crippen molar-refractivity contribution in [2.75, 3.05) is 16.4 Å². The van der Waals surface area contributed by atoms with Gasteiger partial charge in [0.1, 0.15) is 0 Å². The molecule has 136 valence electrons. The highest BCUT2D eigenvalue weighted by Gasteiger charge is 2.13. The number of thioether (sulfide) groups is 1. The zero-order chi connectivity index (χ0) is 19.1. The summed E-state index contributed by atoms with van der Waals surface area (Å²) >= 11 is 1.47. The van der Waals surface area contributed by atoms with Crippen molar-refractivity contribution in [2.45, 2.75) is 11.8 Å². The summed E-state index contributed by atoms with van der Waals surface area (Å²) in [6, 6.07) is 24.4. The number of carbonyl (C=O) groups is 2. The zero-order valence-corrected chi connectivity index (χ0v) is 15.8. The molecule has 0 saturated heterocycles. The van der Waals surface area contributed by atoms with Gasteiger partial charge in [0.05, 0.1) is 5.75 Å². The number of rotatable bonds is 6. The first-order valence-electron chi connectivity index (χ1n) is 8.57. The minimum atomic E-state index is -0.201. The van der Waals surface area contributed by atoms with Gasteiger partial charge in [-0.15, -0.1) is 11.8 Å². The predicted octanol–water partition coefficient (Wildman–Crippen LogP) is 4.98. The van der Waals surface area contributed by atoms with Gasteiger partial charge in [-0.1, -0.05) is 42.5 Å². The summed E-state index contributed by atoms with van der Waals surface area (Å²) in [6.45, 7) is 1.83. The number of amides is 2. The second-order valence-electron chi connectivity index (χ2n) is 5.95. The highest BCUT2D eigenvalue weighted by atomic mass is 32.2. The molecule has 0 aliphatic heterocycles. The van der Waals surface area contributed by atoms with Crippen LogP contribution in [0, 0.1) is 6.92 Å². The third-order valence-electron chi connectivity index (χ3n) is 4.00. The number of benzene rings is 3. The highest BCUT2D eigenvalue weighted by molar-refractivity contribution is 8.00. The maximum atomic E-state index is 12.6. The molecule has 0 aliphatic carbocycles. The number of hydrogen-bond acceptors (Lipinski definition) is 3. The van der Waals surface area contributed by atoms with Crippen LogP contribution in [0.5, 0.6) is 0 Å². The molecule has 0 aromatic heterocycles. The lowest BCUT2D eigenvalue weighted by molar-refractivity contribution is -0.113. The van der Waals surface area contributed by atoms with Crippen LogP contribution >= 0.6 is 11.8 Å². The van der Waals surface area contributed by atoms with Crippen molar-refractivity contribution in [3.8, 4) is 0 Å². The number of anilines is 2. The van der Waals surface area contributed by atoms with E-state index in [4.69, 9.17) is 0 Å². The van der Waals surface area contributed by atoms with E-state index < -0.39 is 0 Å². The molecule has 2 amide bonds. The largest absolute Gasteiger partial charge is 0.325 e. The average Bonchev–Trinajstić information content (AvgIpc) is 2.69. The molecular formula is C22H20N2O2S. The third-order valence-corrected chi connectivity index (χ3v) is 5.01. The van der Waals surface area contributed by atoms with Crippen LogP contribution < -0.4 is 10.6 Å². The fourth-order valence-electron chi connectivity index (χ4n) is 2.59. The summed E-state index contributed by atoms with van der Waals surface area (Å²) in [5.74, 6) is 0.00482. The summed E-state index contributed by atoms with van der Waals surface area (Å²) < 4.78 is 0. The Kier molecular flexibility index (Phi) is 6.28. The topological polar surface area (TPSA) is 58.2 Å². The van der Waals surface area contributed by atoms with Gasteiger partial charge in [-0.2, -0.15) is 0 Å². The molecule has 5 heteroatoms. The minimum absolute atomic E-state index is 0.104. The van der Waals surface area contributed by atoms with E-state index >= 15 is 0 Å². The molecule has 27 heavy (non-hydrogen) atoms. The molecule has 3 aromatic rings. The Morgan fingerprint density at radius 3 is 2.19 bits per heavy atom. The van der Waals surface area contributed by atoms with Gasteiger partial charge in [-0.25, -0.2) is 0 Å². The first-order valence-corrected chi connectivity index (χ1v) is 9.56. The molecule has 0 radical (unpaired) electrons. The monoisotopic (exact) mass is 376 g/mol. The number of carbonyl (C=O) groups excluding carboxylic acids is 2. The molecule has 2 N–H and O–H groups in total. The summed E-state index contributed by atoms with van der Waals surface area (Å²) in [7, 11) is 0. The van der Waals surface area contributed by atoms with Crippen LogP contribution in [0.15, 0.2) is 83.8 Å². The van der Waals surface area contributed by atoms with Crippen molar-refractivity contribution in [3.63, 3.8) is 0 Å². The number of hydrogen-bond donors (Lipinski definition) is 2. The summed E-state index contributed by atoms with van der Waals surface area (Å²) in [6.07, 6.45) is 0. The van der Waals surface area contributed by atoms with E-state index in [1.807, 2.05) is 67.6 Å². The highest BCUT2D eigenvalue weighted by Crippen LogP contribution is 2.22. The standard InChI is InChI=1S/C22H20N2O2S/c1-16-19(22(26)23-17-9-4-2-5-10-17)13-8-14-20(16)24-21(25)15-27-18-11-6-3-7-12-18/h2-14H,15H2,1H3,(H,23,26)(H,24,25). The maximum absolute atomic E-state index is 12.6. The molecule has 0 heterocycles. The fraction of sp³-hybridized carbons (Fsp3) is 0.0909. The van der Waals surface area contributed by atoms with Crippen LogP contribution in [0.3, 0.4) is 0 Å². The minimum Gasteiger partial charge on any atom is -0.325 e. The van der Waals surface area contributed by atoms with Crippen molar-refractivity contribution in [3.05, 3.63) is 90.0 Å². The van der Waals surface area contributed by atoms with Crippen molar-refractivity contribution in [1.82, 2.24) is 0 Å². The smallest absolute Gasteiger partial charge is 0.256 e. The van der Waals surface area contributed by atoms with Crippen molar-refractivity contribution >= 4 is 35.0 Å². The first kappa shape index (κ1) is 18.7. The van der Waals surface area contributed by atoms with Gasteiger partial charge < -0.3 is 10.6 Å². The Bertz CT molecular complexity index is 928. The van der Waals surface area contributed by atoms with Gasteiger partial charge in [-0.05, 0) is 48.9 Å². The molecule has 0 atom stereocenters. The van der Waals surface area contributed by atoms with Crippen LogP contribution in [0.25, 0.3) is 0 Å². The lowest BCUT2D eigenvalue weighted by Gasteiger charge is -2.13. The van der Waals surface area contributed by atoms with Crippen LogP contribution in [0.1, 0.15) is 15.9 Å². The van der Waals surface area contributed by atoms with Gasteiger partial charge in [0.25, 0.3) is 5.91 Å². The molecular weight excluding hydrogens is 356 g/mol. The molecule has 4 nitrogen and oxygen atoms in total. The van der Waals surface area contributed by atoms with Gasteiger partial charge >= 0.3 is 0 Å². The molecule has 3 aromatic carbocycles. The normalized spacial score (nSPS) is 10.3.